The van der Waals surface area contributed by atoms with E-state index in [1.807, 2.05) is 35.3 Å². The summed E-state index contributed by atoms with van der Waals surface area (Å²) in [6.07, 6.45) is 0.659. The van der Waals surface area contributed by atoms with E-state index < -0.39 is 4.92 Å². The molecule has 6 heteroatoms. The first kappa shape index (κ1) is 16.9. The van der Waals surface area contributed by atoms with Gasteiger partial charge in [-0.3, -0.25) is 15.1 Å². The smallest absolute Gasteiger partial charge is 0.258 e. The zero-order valence-electron chi connectivity index (χ0n) is 14.3. The summed E-state index contributed by atoms with van der Waals surface area (Å²) in [5.41, 5.74) is 3.66. The van der Waals surface area contributed by atoms with Crippen LogP contribution in [0.1, 0.15) is 23.6 Å². The fourth-order valence-corrected chi connectivity index (χ4v) is 3.23. The van der Waals surface area contributed by atoms with Gasteiger partial charge in [0.25, 0.3) is 5.69 Å². The van der Waals surface area contributed by atoms with Crippen molar-refractivity contribution in [1.82, 2.24) is 0 Å². The van der Waals surface area contributed by atoms with Crippen LogP contribution in [0.2, 0.25) is 0 Å². The van der Waals surface area contributed by atoms with Crippen LogP contribution in [-0.2, 0) is 0 Å². The zero-order valence-corrected chi connectivity index (χ0v) is 14.3. The van der Waals surface area contributed by atoms with Crippen molar-refractivity contribution in [2.24, 2.45) is 5.10 Å². The van der Waals surface area contributed by atoms with Gasteiger partial charge >= 0.3 is 0 Å². The standard InChI is InChI=1S/C21H16FN3O2/c22-17-8-6-16(7-9-17)21-14-20(15-4-2-1-3-5-15)23-24(21)18-10-12-19(13-11-18)25(26)27/h1-13,21H,14H2. The largest absolute Gasteiger partial charge is 0.269 e. The van der Waals surface area contributed by atoms with Crippen molar-refractivity contribution in [1.29, 1.82) is 0 Å². The number of hydrogen-bond donors (Lipinski definition) is 0. The summed E-state index contributed by atoms with van der Waals surface area (Å²) in [6, 6.07) is 22.4. The molecule has 0 saturated carbocycles. The van der Waals surface area contributed by atoms with Crippen LogP contribution in [0.15, 0.2) is 84.0 Å². The van der Waals surface area contributed by atoms with E-state index in [1.54, 1.807) is 24.3 Å². The molecular formula is C21H16FN3O2. The van der Waals surface area contributed by atoms with E-state index in [4.69, 9.17) is 5.10 Å². The summed E-state index contributed by atoms with van der Waals surface area (Å²) in [5, 5.41) is 17.5. The molecule has 0 saturated heterocycles. The molecule has 0 bridgehead atoms. The van der Waals surface area contributed by atoms with Gasteiger partial charge in [-0.2, -0.15) is 5.10 Å². The van der Waals surface area contributed by atoms with Gasteiger partial charge in [-0.1, -0.05) is 42.5 Å². The number of hydrogen-bond acceptors (Lipinski definition) is 4. The Bertz CT molecular complexity index is 986. The molecule has 1 unspecified atom stereocenters. The summed E-state index contributed by atoms with van der Waals surface area (Å²) in [4.78, 5) is 10.5. The molecule has 1 aliphatic heterocycles. The highest BCUT2D eigenvalue weighted by Crippen LogP contribution is 2.37. The molecule has 0 fully saturated rings. The Balaban J connectivity index is 1.73. The fourth-order valence-electron chi connectivity index (χ4n) is 3.23. The maximum Gasteiger partial charge on any atom is 0.269 e. The van der Waals surface area contributed by atoms with Crippen molar-refractivity contribution in [2.75, 3.05) is 5.01 Å². The lowest BCUT2D eigenvalue weighted by molar-refractivity contribution is -0.384. The van der Waals surface area contributed by atoms with Gasteiger partial charge in [0.05, 0.1) is 22.4 Å². The summed E-state index contributed by atoms with van der Waals surface area (Å²) in [5.74, 6) is -0.289. The van der Waals surface area contributed by atoms with E-state index >= 15 is 0 Å². The predicted octanol–water partition coefficient (Wildman–Crippen LogP) is 5.09. The molecule has 0 radical (unpaired) electrons. The van der Waals surface area contributed by atoms with Crippen LogP contribution in [0, 0.1) is 15.9 Å². The lowest BCUT2D eigenvalue weighted by Gasteiger charge is -2.23. The Morgan fingerprint density at radius 2 is 1.63 bits per heavy atom. The van der Waals surface area contributed by atoms with E-state index in [-0.39, 0.29) is 17.5 Å². The van der Waals surface area contributed by atoms with E-state index in [1.165, 1.54) is 24.3 Å². The van der Waals surface area contributed by atoms with Gasteiger partial charge in [-0.15, -0.1) is 0 Å². The van der Waals surface area contributed by atoms with Crippen molar-refractivity contribution in [2.45, 2.75) is 12.5 Å². The maximum absolute atomic E-state index is 13.3. The number of nitrogens with zero attached hydrogens (tertiary/aromatic N) is 3. The average Bonchev–Trinajstić information content (AvgIpc) is 3.15. The Morgan fingerprint density at radius 1 is 0.963 bits per heavy atom. The summed E-state index contributed by atoms with van der Waals surface area (Å²) in [6.45, 7) is 0. The molecule has 1 aliphatic rings. The first-order valence-electron chi connectivity index (χ1n) is 8.54. The number of halogens is 1. The SMILES string of the molecule is O=[N+]([O-])c1ccc(N2N=C(c3ccccc3)CC2c2ccc(F)cc2)cc1. The van der Waals surface area contributed by atoms with Crippen LogP contribution in [0.4, 0.5) is 15.8 Å². The highest BCUT2D eigenvalue weighted by atomic mass is 19.1. The number of nitro groups is 1. The van der Waals surface area contributed by atoms with Crippen molar-refractivity contribution < 1.29 is 9.31 Å². The molecule has 0 aromatic heterocycles. The first-order valence-corrected chi connectivity index (χ1v) is 8.54. The van der Waals surface area contributed by atoms with Gasteiger partial charge in [-0.25, -0.2) is 4.39 Å². The van der Waals surface area contributed by atoms with Crippen molar-refractivity contribution in [3.8, 4) is 0 Å². The molecule has 3 aromatic rings. The second kappa shape index (κ2) is 6.99. The third kappa shape index (κ3) is 3.42. The number of rotatable bonds is 4. The minimum atomic E-state index is -0.427. The topological polar surface area (TPSA) is 58.7 Å². The lowest BCUT2D eigenvalue weighted by Crippen LogP contribution is -2.18. The first-order chi connectivity index (χ1) is 13.1. The Kier molecular flexibility index (Phi) is 4.38. The molecule has 134 valence electrons. The van der Waals surface area contributed by atoms with E-state index in [2.05, 4.69) is 0 Å². The van der Waals surface area contributed by atoms with Crippen LogP contribution in [-0.4, -0.2) is 10.6 Å². The Hall–Kier alpha value is -3.54. The number of anilines is 1. The van der Waals surface area contributed by atoms with Crippen molar-refractivity contribution >= 4 is 17.1 Å². The van der Waals surface area contributed by atoms with Crippen LogP contribution < -0.4 is 5.01 Å². The normalized spacial score (nSPS) is 16.3. The van der Waals surface area contributed by atoms with Gasteiger partial charge in [-0.05, 0) is 35.4 Å². The number of non-ortho nitro benzene ring substituents is 1. The fraction of sp³-hybridized carbons (Fsp3) is 0.0952. The molecule has 1 atom stereocenters. The zero-order chi connectivity index (χ0) is 18.8. The van der Waals surface area contributed by atoms with Crippen molar-refractivity contribution in [3.63, 3.8) is 0 Å². The van der Waals surface area contributed by atoms with Crippen LogP contribution in [0.5, 0.6) is 0 Å². The minimum absolute atomic E-state index is 0.0311. The molecule has 0 amide bonds. The second-order valence-electron chi connectivity index (χ2n) is 6.30. The summed E-state index contributed by atoms with van der Waals surface area (Å²) in [7, 11) is 0. The number of benzene rings is 3. The minimum Gasteiger partial charge on any atom is -0.258 e. The number of hydrazone groups is 1. The third-order valence-electron chi connectivity index (χ3n) is 4.60. The molecule has 0 aliphatic carbocycles. The quantitative estimate of drug-likeness (QED) is 0.480. The van der Waals surface area contributed by atoms with Gasteiger partial charge in [0.15, 0.2) is 0 Å². The Morgan fingerprint density at radius 3 is 2.26 bits per heavy atom. The van der Waals surface area contributed by atoms with E-state index in [9.17, 15) is 14.5 Å². The van der Waals surface area contributed by atoms with Gasteiger partial charge in [0, 0.05) is 18.6 Å². The molecule has 0 spiro atoms. The van der Waals surface area contributed by atoms with Crippen LogP contribution in [0.3, 0.4) is 0 Å². The van der Waals surface area contributed by atoms with Gasteiger partial charge in [0.1, 0.15) is 5.82 Å². The van der Waals surface area contributed by atoms with Gasteiger partial charge in [0.2, 0.25) is 0 Å². The molecule has 27 heavy (non-hydrogen) atoms. The van der Waals surface area contributed by atoms with Crippen LogP contribution >= 0.6 is 0 Å². The van der Waals surface area contributed by atoms with E-state index in [0.717, 1.165) is 22.5 Å². The lowest BCUT2D eigenvalue weighted by atomic mass is 9.98. The molecule has 3 aromatic carbocycles. The molecule has 0 N–H and O–H groups in total. The van der Waals surface area contributed by atoms with Crippen LogP contribution in [0.25, 0.3) is 0 Å². The predicted molar refractivity (Wildman–Crippen MR) is 102 cm³/mol. The van der Waals surface area contributed by atoms with E-state index in [0.29, 0.717) is 6.42 Å². The number of nitro benzene ring substituents is 1. The maximum atomic E-state index is 13.3. The third-order valence-corrected chi connectivity index (χ3v) is 4.60. The monoisotopic (exact) mass is 361 g/mol. The highest BCUT2D eigenvalue weighted by Gasteiger charge is 2.30. The summed E-state index contributed by atoms with van der Waals surface area (Å²) >= 11 is 0. The summed E-state index contributed by atoms with van der Waals surface area (Å²) < 4.78 is 13.3. The van der Waals surface area contributed by atoms with Gasteiger partial charge < -0.3 is 0 Å². The average molecular weight is 361 g/mol. The second-order valence-corrected chi connectivity index (χ2v) is 6.30. The molecule has 5 nitrogen and oxygen atoms in total. The molecule has 1 heterocycles. The molecular weight excluding hydrogens is 345 g/mol. The van der Waals surface area contributed by atoms with Crippen molar-refractivity contribution in [3.05, 3.63) is 106 Å². The Labute approximate surface area is 155 Å². The highest BCUT2D eigenvalue weighted by molar-refractivity contribution is 6.03. The molecule has 4 rings (SSSR count).